The highest BCUT2D eigenvalue weighted by Crippen LogP contribution is 2.19. The average Bonchev–Trinajstić information content (AvgIpc) is 2.27. The first-order valence-electron chi connectivity index (χ1n) is 5.05. The lowest BCUT2D eigenvalue weighted by molar-refractivity contribution is -0.144. The van der Waals surface area contributed by atoms with E-state index in [1.54, 1.807) is 18.9 Å². The average molecular weight is 305 g/mol. The molecule has 17 heavy (non-hydrogen) atoms. The van der Waals surface area contributed by atoms with Crippen molar-refractivity contribution >= 4 is 27.7 Å². The second kappa shape index (κ2) is 5.95. The van der Waals surface area contributed by atoms with Crippen LogP contribution in [0.15, 0.2) is 16.7 Å². The Labute approximate surface area is 108 Å². The van der Waals surface area contributed by atoms with Gasteiger partial charge in [-0.15, -0.1) is 0 Å². The molecule has 0 saturated heterocycles. The first-order valence-corrected chi connectivity index (χ1v) is 5.85. The molecule has 0 saturated carbocycles. The minimum atomic E-state index is -0.432. The van der Waals surface area contributed by atoms with Gasteiger partial charge in [0.1, 0.15) is 0 Å². The second-order valence-electron chi connectivity index (χ2n) is 3.76. The molecule has 0 radical (unpaired) electrons. The van der Waals surface area contributed by atoms with Crippen LogP contribution in [0.4, 0.5) is 10.2 Å². The minimum Gasteiger partial charge on any atom is -0.469 e. The summed E-state index contributed by atoms with van der Waals surface area (Å²) >= 11 is 3.14. The predicted molar refractivity (Wildman–Crippen MR) is 66.3 cm³/mol. The van der Waals surface area contributed by atoms with Gasteiger partial charge in [0.25, 0.3) is 0 Å². The Morgan fingerprint density at radius 1 is 1.71 bits per heavy atom. The Morgan fingerprint density at radius 3 is 2.88 bits per heavy atom. The van der Waals surface area contributed by atoms with Crippen LogP contribution < -0.4 is 4.90 Å². The van der Waals surface area contributed by atoms with Gasteiger partial charge in [0.2, 0.25) is 0 Å². The summed E-state index contributed by atoms with van der Waals surface area (Å²) in [7, 11) is 3.01. The molecule has 0 N–H and O–H groups in total. The molecule has 0 aromatic carbocycles. The van der Waals surface area contributed by atoms with Crippen molar-refractivity contribution in [1.29, 1.82) is 0 Å². The number of hydrogen-bond donors (Lipinski definition) is 0. The monoisotopic (exact) mass is 304 g/mol. The van der Waals surface area contributed by atoms with Crippen LogP contribution in [0.5, 0.6) is 0 Å². The number of esters is 1. The zero-order chi connectivity index (χ0) is 13.0. The maximum Gasteiger partial charge on any atom is 0.310 e. The van der Waals surface area contributed by atoms with Gasteiger partial charge in [0.15, 0.2) is 11.6 Å². The number of halogens is 2. The zero-order valence-electron chi connectivity index (χ0n) is 9.91. The normalized spacial score (nSPS) is 12.1. The van der Waals surface area contributed by atoms with E-state index in [2.05, 4.69) is 25.7 Å². The lowest BCUT2D eigenvalue weighted by Gasteiger charge is -2.21. The molecule has 1 heterocycles. The summed E-state index contributed by atoms with van der Waals surface area (Å²) in [6.45, 7) is 2.07. The van der Waals surface area contributed by atoms with Gasteiger partial charge in [0, 0.05) is 24.3 Å². The van der Waals surface area contributed by atoms with Crippen LogP contribution in [0.3, 0.4) is 0 Å². The van der Waals surface area contributed by atoms with Crippen molar-refractivity contribution in [3.63, 3.8) is 0 Å². The topological polar surface area (TPSA) is 42.4 Å². The molecule has 1 rings (SSSR count). The van der Waals surface area contributed by atoms with Crippen LogP contribution in [0, 0.1) is 11.7 Å². The summed E-state index contributed by atoms with van der Waals surface area (Å²) in [5.41, 5.74) is 0. The predicted octanol–water partition coefficient (Wildman–Crippen LogP) is 2.23. The summed E-state index contributed by atoms with van der Waals surface area (Å²) < 4.78 is 18.8. The number of hydrogen-bond acceptors (Lipinski definition) is 4. The van der Waals surface area contributed by atoms with E-state index in [1.807, 2.05) is 0 Å². The third-order valence-corrected chi connectivity index (χ3v) is 2.73. The third-order valence-electron chi connectivity index (χ3n) is 2.30. The summed E-state index contributed by atoms with van der Waals surface area (Å²) in [6.07, 6.45) is 1.51. The van der Waals surface area contributed by atoms with Gasteiger partial charge in [-0.3, -0.25) is 4.79 Å². The molecule has 0 fully saturated rings. The van der Waals surface area contributed by atoms with Crippen molar-refractivity contribution in [2.24, 2.45) is 5.92 Å². The summed E-state index contributed by atoms with van der Waals surface area (Å²) in [6, 6.07) is 1.33. The van der Waals surface area contributed by atoms with Gasteiger partial charge in [-0.05, 0) is 22.0 Å². The smallest absolute Gasteiger partial charge is 0.310 e. The molecule has 1 aromatic rings. The Balaban J connectivity index is 2.76. The van der Waals surface area contributed by atoms with Gasteiger partial charge in [-0.2, -0.15) is 0 Å². The Morgan fingerprint density at radius 2 is 2.35 bits per heavy atom. The van der Waals surface area contributed by atoms with Crippen molar-refractivity contribution in [2.75, 3.05) is 25.6 Å². The molecule has 1 atom stereocenters. The summed E-state index contributed by atoms with van der Waals surface area (Å²) in [5, 5.41) is 0. The van der Waals surface area contributed by atoms with Crippen LogP contribution in [0.1, 0.15) is 6.92 Å². The highest BCUT2D eigenvalue weighted by molar-refractivity contribution is 9.10. The van der Waals surface area contributed by atoms with Crippen molar-refractivity contribution < 1.29 is 13.9 Å². The van der Waals surface area contributed by atoms with E-state index >= 15 is 0 Å². The molecule has 94 valence electrons. The standard InChI is InChI=1S/C11H14BrFN2O2/c1-7(11(16)17-3)6-15(2)10-9(13)4-8(12)5-14-10/h4-5,7H,6H2,1-3H3. The van der Waals surface area contributed by atoms with Crippen molar-refractivity contribution in [2.45, 2.75) is 6.92 Å². The molecular weight excluding hydrogens is 291 g/mol. The zero-order valence-corrected chi connectivity index (χ0v) is 11.5. The molecule has 0 aliphatic carbocycles. The maximum atomic E-state index is 13.6. The van der Waals surface area contributed by atoms with Crippen molar-refractivity contribution in [3.05, 3.63) is 22.6 Å². The molecule has 0 bridgehead atoms. The molecule has 0 aliphatic heterocycles. The molecule has 1 aromatic heterocycles. The van der Waals surface area contributed by atoms with E-state index in [1.165, 1.54) is 19.4 Å². The molecule has 0 aliphatic rings. The van der Waals surface area contributed by atoms with Crippen LogP contribution in [0.2, 0.25) is 0 Å². The second-order valence-corrected chi connectivity index (χ2v) is 4.68. The van der Waals surface area contributed by atoms with Crippen LogP contribution in [0.25, 0.3) is 0 Å². The van der Waals surface area contributed by atoms with E-state index in [9.17, 15) is 9.18 Å². The molecule has 1 unspecified atom stereocenters. The Bertz CT molecular complexity index is 414. The van der Waals surface area contributed by atoms with Gasteiger partial charge in [0.05, 0.1) is 13.0 Å². The number of carbonyl (C=O) groups excluding carboxylic acids is 1. The first kappa shape index (κ1) is 13.9. The third kappa shape index (κ3) is 3.66. The number of aromatic nitrogens is 1. The number of methoxy groups -OCH3 is 1. The van der Waals surface area contributed by atoms with Crippen LogP contribution >= 0.6 is 15.9 Å². The first-order chi connectivity index (χ1) is 7.95. The molecular formula is C11H14BrFN2O2. The number of rotatable bonds is 4. The molecule has 4 nitrogen and oxygen atoms in total. The summed E-state index contributed by atoms with van der Waals surface area (Å²) in [5.74, 6) is -0.882. The fraction of sp³-hybridized carbons (Fsp3) is 0.455. The van der Waals surface area contributed by atoms with E-state index in [4.69, 9.17) is 0 Å². The number of anilines is 1. The SMILES string of the molecule is COC(=O)C(C)CN(C)c1ncc(Br)cc1F. The van der Waals surface area contributed by atoms with Gasteiger partial charge in [-0.25, -0.2) is 9.37 Å². The highest BCUT2D eigenvalue weighted by Gasteiger charge is 2.18. The van der Waals surface area contributed by atoms with Crippen LogP contribution in [-0.2, 0) is 9.53 Å². The number of nitrogens with zero attached hydrogens (tertiary/aromatic N) is 2. The molecule has 6 heteroatoms. The fourth-order valence-electron chi connectivity index (χ4n) is 1.46. The molecule has 0 amide bonds. The van der Waals surface area contributed by atoms with E-state index < -0.39 is 5.82 Å². The Kier molecular flexibility index (Phi) is 4.86. The maximum absolute atomic E-state index is 13.6. The number of ether oxygens (including phenoxy) is 1. The van der Waals surface area contributed by atoms with Crippen molar-refractivity contribution in [3.8, 4) is 0 Å². The number of carbonyl (C=O) groups is 1. The van der Waals surface area contributed by atoms with E-state index in [0.29, 0.717) is 11.0 Å². The van der Waals surface area contributed by atoms with E-state index in [0.717, 1.165) is 0 Å². The highest BCUT2D eigenvalue weighted by atomic mass is 79.9. The van der Waals surface area contributed by atoms with Crippen LogP contribution in [-0.4, -0.2) is 31.7 Å². The quantitative estimate of drug-likeness (QED) is 0.800. The fourth-order valence-corrected chi connectivity index (χ4v) is 1.76. The largest absolute Gasteiger partial charge is 0.469 e. The summed E-state index contributed by atoms with van der Waals surface area (Å²) in [4.78, 5) is 16.8. The minimum absolute atomic E-state index is 0.212. The molecule has 0 spiro atoms. The number of pyridine rings is 1. The van der Waals surface area contributed by atoms with E-state index in [-0.39, 0.29) is 17.7 Å². The van der Waals surface area contributed by atoms with Crippen molar-refractivity contribution in [1.82, 2.24) is 4.98 Å². The van der Waals surface area contributed by atoms with Gasteiger partial charge < -0.3 is 9.64 Å². The Hall–Kier alpha value is -1.17. The van der Waals surface area contributed by atoms with Gasteiger partial charge >= 0.3 is 5.97 Å². The van der Waals surface area contributed by atoms with Gasteiger partial charge in [-0.1, -0.05) is 6.92 Å². The lowest BCUT2D eigenvalue weighted by Crippen LogP contribution is -2.30. The lowest BCUT2D eigenvalue weighted by atomic mass is 10.2.